The van der Waals surface area contributed by atoms with E-state index in [-0.39, 0.29) is 0 Å². The normalized spacial score (nSPS) is 9.68. The van der Waals surface area contributed by atoms with E-state index in [4.69, 9.17) is 5.11 Å². The van der Waals surface area contributed by atoms with Crippen molar-refractivity contribution in [1.29, 1.82) is 0 Å². The van der Waals surface area contributed by atoms with Gasteiger partial charge in [0.15, 0.2) is 0 Å². The molecule has 0 aliphatic carbocycles. The van der Waals surface area contributed by atoms with Crippen LogP contribution >= 0.6 is 0 Å². The van der Waals surface area contributed by atoms with Crippen molar-refractivity contribution in [2.24, 2.45) is 0 Å². The van der Waals surface area contributed by atoms with Gasteiger partial charge in [0.2, 0.25) is 0 Å². The highest BCUT2D eigenvalue weighted by atomic mass is 16.4. The molecule has 152 valence electrons. The maximum atomic E-state index is 9.25. The molecule has 1 N–H and O–H groups in total. The van der Waals surface area contributed by atoms with Gasteiger partial charge < -0.3 is 5.11 Å². The second-order valence-electron chi connectivity index (χ2n) is 6.76. The van der Waals surface area contributed by atoms with E-state index in [1.165, 1.54) is 33.4 Å². The smallest absolute Gasteiger partial charge is 0.327 e. The topological polar surface area (TPSA) is 37.3 Å². The maximum Gasteiger partial charge on any atom is 0.327 e. The SMILES string of the molecule is C=CC(=O)O.c1ccc(C(=C(c2ccccc2)c2ccccc2)c2ccccc2)cc1. The molecule has 4 rings (SSSR count). The lowest BCUT2D eigenvalue weighted by Gasteiger charge is -2.18. The molecule has 0 heterocycles. The molecule has 0 saturated carbocycles. The minimum Gasteiger partial charge on any atom is -0.478 e. The predicted octanol–water partition coefficient (Wildman–Crippen LogP) is 6.95. The molecule has 0 radical (unpaired) electrons. The Morgan fingerprint density at radius 3 is 0.871 bits per heavy atom. The summed E-state index contributed by atoms with van der Waals surface area (Å²) in [4.78, 5) is 9.25. The van der Waals surface area contributed by atoms with E-state index >= 15 is 0 Å². The Kier molecular flexibility index (Phi) is 7.73. The first-order valence-electron chi connectivity index (χ1n) is 10.0. The lowest BCUT2D eigenvalue weighted by molar-refractivity contribution is -0.131. The average Bonchev–Trinajstić information content (AvgIpc) is 2.85. The highest BCUT2D eigenvalue weighted by Crippen LogP contribution is 2.36. The minimum atomic E-state index is -0.981. The fourth-order valence-electron chi connectivity index (χ4n) is 3.33. The van der Waals surface area contributed by atoms with E-state index in [9.17, 15) is 4.79 Å². The monoisotopic (exact) mass is 404 g/mol. The molecule has 0 fully saturated rings. The highest BCUT2D eigenvalue weighted by molar-refractivity contribution is 6.04. The van der Waals surface area contributed by atoms with Crippen LogP contribution in [0, 0.1) is 0 Å². The van der Waals surface area contributed by atoms with Gasteiger partial charge in [-0.3, -0.25) is 0 Å². The number of aliphatic carboxylic acids is 1. The van der Waals surface area contributed by atoms with Gasteiger partial charge in [-0.25, -0.2) is 4.79 Å². The van der Waals surface area contributed by atoms with Gasteiger partial charge in [0.25, 0.3) is 0 Å². The average molecular weight is 405 g/mol. The first-order valence-corrected chi connectivity index (χ1v) is 10.0. The maximum absolute atomic E-state index is 9.25. The predicted molar refractivity (Wildman–Crippen MR) is 129 cm³/mol. The third-order valence-corrected chi connectivity index (χ3v) is 4.67. The number of carboxylic acid groups (broad SMARTS) is 1. The van der Waals surface area contributed by atoms with Crippen LogP contribution in [0.15, 0.2) is 134 Å². The molecule has 0 saturated heterocycles. The molecule has 2 nitrogen and oxygen atoms in total. The van der Waals surface area contributed by atoms with Crippen LogP contribution in [0.1, 0.15) is 22.3 Å². The first-order chi connectivity index (χ1) is 15.2. The second kappa shape index (κ2) is 11.1. The standard InChI is InChI=1S/C26H20.C3H4O2/c1-5-13-21(14-6-1)25(22-15-7-2-8-16-22)26(23-17-9-3-10-18-23)24-19-11-4-12-20-24;1-2-3(4)5/h1-20H;2H,1H2,(H,4,5). The van der Waals surface area contributed by atoms with Crippen LogP contribution in [0.2, 0.25) is 0 Å². The molecule has 0 atom stereocenters. The van der Waals surface area contributed by atoms with E-state index in [0.29, 0.717) is 0 Å². The number of hydrogen-bond acceptors (Lipinski definition) is 1. The van der Waals surface area contributed by atoms with Crippen LogP contribution in [-0.4, -0.2) is 11.1 Å². The van der Waals surface area contributed by atoms with E-state index in [2.05, 4.69) is 128 Å². The van der Waals surface area contributed by atoms with Crippen molar-refractivity contribution in [3.05, 3.63) is 156 Å². The van der Waals surface area contributed by atoms with Gasteiger partial charge in [-0.05, 0) is 33.4 Å². The van der Waals surface area contributed by atoms with Crippen LogP contribution in [0.3, 0.4) is 0 Å². The summed E-state index contributed by atoms with van der Waals surface area (Å²) in [7, 11) is 0. The third kappa shape index (κ3) is 5.91. The first kappa shape index (κ1) is 21.5. The zero-order chi connectivity index (χ0) is 21.9. The summed E-state index contributed by atoms with van der Waals surface area (Å²) < 4.78 is 0. The van der Waals surface area contributed by atoms with Crippen molar-refractivity contribution in [1.82, 2.24) is 0 Å². The summed E-state index contributed by atoms with van der Waals surface area (Å²) in [6.07, 6.45) is 0.833. The lowest BCUT2D eigenvalue weighted by atomic mass is 9.86. The molecule has 0 spiro atoms. The molecular formula is C29H24O2. The van der Waals surface area contributed by atoms with Gasteiger partial charge in [0, 0.05) is 6.08 Å². The van der Waals surface area contributed by atoms with Crippen molar-refractivity contribution in [3.63, 3.8) is 0 Å². The molecule has 0 unspecified atom stereocenters. The summed E-state index contributed by atoms with van der Waals surface area (Å²) in [5.74, 6) is -0.981. The summed E-state index contributed by atoms with van der Waals surface area (Å²) in [6.45, 7) is 2.96. The molecule has 0 amide bonds. The Labute approximate surface area is 183 Å². The Bertz CT molecular complexity index is 963. The van der Waals surface area contributed by atoms with Crippen LogP contribution in [0.25, 0.3) is 11.1 Å². The zero-order valence-corrected chi connectivity index (χ0v) is 17.2. The largest absolute Gasteiger partial charge is 0.478 e. The van der Waals surface area contributed by atoms with E-state index in [1.807, 2.05) is 0 Å². The highest BCUT2D eigenvalue weighted by Gasteiger charge is 2.15. The Morgan fingerprint density at radius 1 is 0.516 bits per heavy atom. The van der Waals surface area contributed by atoms with Gasteiger partial charge >= 0.3 is 5.97 Å². The number of carbonyl (C=O) groups is 1. The van der Waals surface area contributed by atoms with Gasteiger partial charge in [-0.2, -0.15) is 0 Å². The summed E-state index contributed by atoms with van der Waals surface area (Å²) >= 11 is 0. The van der Waals surface area contributed by atoms with Crippen LogP contribution in [0.5, 0.6) is 0 Å². The lowest BCUT2D eigenvalue weighted by Crippen LogP contribution is -1.97. The van der Waals surface area contributed by atoms with E-state index in [0.717, 1.165) is 6.08 Å². The van der Waals surface area contributed by atoms with Gasteiger partial charge in [-0.15, -0.1) is 0 Å². The number of rotatable bonds is 5. The van der Waals surface area contributed by atoms with Crippen molar-refractivity contribution < 1.29 is 9.90 Å². The third-order valence-electron chi connectivity index (χ3n) is 4.67. The van der Waals surface area contributed by atoms with Crippen molar-refractivity contribution in [2.45, 2.75) is 0 Å². The summed E-state index contributed by atoms with van der Waals surface area (Å²) in [5, 5.41) is 7.60. The van der Waals surface area contributed by atoms with Gasteiger partial charge in [0.1, 0.15) is 0 Å². The van der Waals surface area contributed by atoms with Crippen LogP contribution < -0.4 is 0 Å². The Hall–Kier alpha value is -4.17. The fraction of sp³-hybridized carbons (Fsp3) is 0. The van der Waals surface area contributed by atoms with Crippen LogP contribution in [-0.2, 0) is 4.79 Å². The van der Waals surface area contributed by atoms with E-state index < -0.39 is 5.97 Å². The molecule has 0 aromatic heterocycles. The molecule has 31 heavy (non-hydrogen) atoms. The Balaban J connectivity index is 0.000000491. The summed E-state index contributed by atoms with van der Waals surface area (Å²) in [6, 6.07) is 42.6. The molecule has 2 heteroatoms. The number of hydrogen-bond donors (Lipinski definition) is 1. The van der Waals surface area contributed by atoms with E-state index in [1.54, 1.807) is 0 Å². The van der Waals surface area contributed by atoms with Gasteiger partial charge in [0.05, 0.1) is 0 Å². The fourth-order valence-corrected chi connectivity index (χ4v) is 3.33. The molecular weight excluding hydrogens is 380 g/mol. The number of carboxylic acids is 1. The Morgan fingerprint density at radius 2 is 0.710 bits per heavy atom. The molecule has 4 aromatic rings. The van der Waals surface area contributed by atoms with Crippen molar-refractivity contribution in [3.8, 4) is 0 Å². The zero-order valence-electron chi connectivity index (χ0n) is 17.2. The minimum absolute atomic E-state index is 0.833. The van der Waals surface area contributed by atoms with Crippen molar-refractivity contribution in [2.75, 3.05) is 0 Å². The molecule has 0 aliphatic heterocycles. The quantitative estimate of drug-likeness (QED) is 0.289. The van der Waals surface area contributed by atoms with Crippen molar-refractivity contribution >= 4 is 17.1 Å². The molecule has 0 bridgehead atoms. The van der Waals surface area contributed by atoms with Crippen LogP contribution in [0.4, 0.5) is 0 Å². The second-order valence-corrected chi connectivity index (χ2v) is 6.76. The summed E-state index contributed by atoms with van der Waals surface area (Å²) in [5.41, 5.74) is 7.40. The van der Waals surface area contributed by atoms with Gasteiger partial charge in [-0.1, -0.05) is 128 Å². The molecule has 0 aliphatic rings. The molecule has 4 aromatic carbocycles. The number of benzene rings is 4.